The molecule has 5 nitrogen and oxygen atoms in total. The van der Waals surface area contributed by atoms with Crippen LogP contribution >= 0.6 is 22.5 Å². The lowest BCUT2D eigenvalue weighted by molar-refractivity contribution is 0.220. The molecular weight excluding hydrogens is 443 g/mol. The molecule has 9 heteroatoms. The second-order valence-corrected chi connectivity index (χ2v) is 12.5. The third kappa shape index (κ3) is 7.21. The fourth-order valence-corrected chi connectivity index (χ4v) is 7.91. The van der Waals surface area contributed by atoms with Gasteiger partial charge in [-0.25, -0.2) is 8.42 Å². The summed E-state index contributed by atoms with van der Waals surface area (Å²) in [5.74, 6) is -0.129. The fourth-order valence-electron chi connectivity index (χ4n) is 2.13. The first-order valence-electron chi connectivity index (χ1n) is 8.00. The van der Waals surface area contributed by atoms with E-state index in [-0.39, 0.29) is 11.9 Å². The van der Waals surface area contributed by atoms with Gasteiger partial charge in [0.15, 0.2) is 0 Å². The van der Waals surface area contributed by atoms with Gasteiger partial charge < -0.3 is 4.52 Å². The molecule has 0 aromatic heterocycles. The van der Waals surface area contributed by atoms with Gasteiger partial charge in [0.1, 0.15) is 0 Å². The van der Waals surface area contributed by atoms with E-state index >= 15 is 0 Å². The maximum absolute atomic E-state index is 12.9. The van der Waals surface area contributed by atoms with Gasteiger partial charge in [-0.05, 0) is 42.8 Å². The van der Waals surface area contributed by atoms with Crippen LogP contribution in [0.15, 0.2) is 41.4 Å². The molecule has 0 heterocycles. The lowest BCUT2D eigenvalue weighted by Gasteiger charge is -2.33. The summed E-state index contributed by atoms with van der Waals surface area (Å²) in [6.07, 6.45) is 3.27. The van der Waals surface area contributed by atoms with Crippen molar-refractivity contribution in [3.05, 3.63) is 47.0 Å². The molecule has 0 spiro atoms. The van der Waals surface area contributed by atoms with Crippen LogP contribution in [0.4, 0.5) is 0 Å². The van der Waals surface area contributed by atoms with E-state index in [4.69, 9.17) is 16.3 Å². The zero-order valence-corrected chi connectivity index (χ0v) is 18.9. The second kappa shape index (κ2) is 10.3. The van der Waals surface area contributed by atoms with Crippen LogP contribution in [-0.4, -0.2) is 32.2 Å². The highest BCUT2D eigenvalue weighted by molar-refractivity contribution is 9.10. The average Bonchev–Trinajstić information content (AvgIpc) is 2.54. The van der Waals surface area contributed by atoms with Crippen molar-refractivity contribution in [1.82, 2.24) is 9.16 Å². The minimum atomic E-state index is -3.63. The third-order valence-electron chi connectivity index (χ3n) is 3.49. The Labute approximate surface area is 165 Å². The normalized spacial score (nSPS) is 15.7. The summed E-state index contributed by atoms with van der Waals surface area (Å²) in [5, 5.41) is 3.06. The highest BCUT2D eigenvalue weighted by Gasteiger charge is 2.34. The van der Waals surface area contributed by atoms with E-state index in [1.807, 2.05) is 19.1 Å². The standard InChI is InChI=1S/C16H26BrN2O3PS2/c1-5-7-14(3)22-23(24,18-12-6-2)19(4)25(20,21)13-15-8-10-16(17)11-9-15/h6,8-11,14H,2,5,7,12-13H2,1,3-4H3,(H,18,24). The van der Waals surface area contributed by atoms with Crippen molar-refractivity contribution >= 4 is 44.3 Å². The third-order valence-corrected chi connectivity index (χ3v) is 10.6. The summed E-state index contributed by atoms with van der Waals surface area (Å²) in [6, 6.07) is 7.18. The van der Waals surface area contributed by atoms with Gasteiger partial charge in [0.05, 0.1) is 11.9 Å². The molecule has 0 saturated heterocycles. The predicted molar refractivity (Wildman–Crippen MR) is 112 cm³/mol. The smallest absolute Gasteiger partial charge is 0.224 e. The van der Waals surface area contributed by atoms with E-state index in [1.165, 1.54) is 11.1 Å². The van der Waals surface area contributed by atoms with Crippen molar-refractivity contribution in [3.8, 4) is 0 Å². The van der Waals surface area contributed by atoms with E-state index in [2.05, 4.69) is 34.5 Å². The molecule has 0 bridgehead atoms. The quantitative estimate of drug-likeness (QED) is 0.384. The molecule has 0 amide bonds. The van der Waals surface area contributed by atoms with Crippen LogP contribution in [-0.2, 0) is 32.1 Å². The first-order valence-corrected chi connectivity index (χ1v) is 13.1. The fraction of sp³-hybridized carbons (Fsp3) is 0.500. The molecule has 1 N–H and O–H groups in total. The molecule has 0 saturated carbocycles. The van der Waals surface area contributed by atoms with Gasteiger partial charge in [0.25, 0.3) is 0 Å². The van der Waals surface area contributed by atoms with Crippen LogP contribution in [0, 0.1) is 0 Å². The molecule has 0 aliphatic rings. The molecule has 1 aromatic carbocycles. The van der Waals surface area contributed by atoms with E-state index in [1.54, 1.807) is 18.2 Å². The summed E-state index contributed by atoms with van der Waals surface area (Å²) in [5.41, 5.74) is 0.696. The minimum absolute atomic E-state index is 0.126. The van der Waals surface area contributed by atoms with E-state index < -0.39 is 16.6 Å². The van der Waals surface area contributed by atoms with Crippen LogP contribution in [0.2, 0.25) is 0 Å². The summed E-state index contributed by atoms with van der Waals surface area (Å²) in [7, 11) is -2.14. The summed E-state index contributed by atoms with van der Waals surface area (Å²) in [4.78, 5) is 0. The molecule has 2 atom stereocenters. The molecule has 142 valence electrons. The van der Waals surface area contributed by atoms with Crippen molar-refractivity contribution in [1.29, 1.82) is 0 Å². The van der Waals surface area contributed by atoms with Crippen LogP contribution < -0.4 is 5.09 Å². The Morgan fingerprint density at radius 1 is 1.44 bits per heavy atom. The predicted octanol–water partition coefficient (Wildman–Crippen LogP) is 4.42. The highest BCUT2D eigenvalue weighted by Crippen LogP contribution is 2.49. The van der Waals surface area contributed by atoms with Crippen LogP contribution in [0.3, 0.4) is 0 Å². The Hall–Kier alpha value is -0.0800. The number of hydrogen-bond acceptors (Lipinski definition) is 4. The highest BCUT2D eigenvalue weighted by atomic mass is 79.9. The number of sulfonamides is 1. The number of nitrogens with zero attached hydrogens (tertiary/aromatic N) is 1. The first-order chi connectivity index (χ1) is 11.6. The molecule has 0 fully saturated rings. The largest absolute Gasteiger partial charge is 0.323 e. The van der Waals surface area contributed by atoms with Gasteiger partial charge in [-0.3, -0.25) is 5.09 Å². The molecule has 25 heavy (non-hydrogen) atoms. The topological polar surface area (TPSA) is 58.6 Å². The van der Waals surface area contributed by atoms with Gasteiger partial charge in [0.2, 0.25) is 16.6 Å². The van der Waals surface area contributed by atoms with Gasteiger partial charge in [-0.2, -0.15) is 0 Å². The Bertz CT molecular complexity index is 711. The lowest BCUT2D eigenvalue weighted by atomic mass is 10.2. The average molecular weight is 469 g/mol. The van der Waals surface area contributed by atoms with Crippen molar-refractivity contribution in [2.75, 3.05) is 13.6 Å². The van der Waals surface area contributed by atoms with Crippen molar-refractivity contribution in [2.24, 2.45) is 0 Å². The number of benzene rings is 1. The van der Waals surface area contributed by atoms with Gasteiger partial charge in [-0.1, -0.05) is 47.5 Å². The van der Waals surface area contributed by atoms with E-state index in [0.717, 1.165) is 17.3 Å². The van der Waals surface area contributed by atoms with Crippen LogP contribution in [0.1, 0.15) is 32.3 Å². The van der Waals surface area contributed by atoms with Crippen molar-refractivity contribution in [3.63, 3.8) is 0 Å². The zero-order valence-electron chi connectivity index (χ0n) is 14.8. The first kappa shape index (κ1) is 23.0. The Morgan fingerprint density at radius 3 is 2.56 bits per heavy atom. The molecule has 0 aliphatic carbocycles. The maximum Gasteiger partial charge on any atom is 0.224 e. The molecular formula is C16H26BrN2O3PS2. The molecule has 1 aromatic rings. The molecule has 2 unspecified atom stereocenters. The van der Waals surface area contributed by atoms with Crippen LogP contribution in [0.25, 0.3) is 0 Å². The number of hydrogen-bond donors (Lipinski definition) is 1. The van der Waals surface area contributed by atoms with Crippen molar-refractivity contribution < 1.29 is 12.9 Å². The Morgan fingerprint density at radius 2 is 2.04 bits per heavy atom. The van der Waals surface area contributed by atoms with E-state index in [0.29, 0.717) is 12.1 Å². The van der Waals surface area contributed by atoms with Gasteiger partial charge in [0, 0.05) is 18.1 Å². The summed E-state index contributed by atoms with van der Waals surface area (Å²) >= 11 is 8.98. The maximum atomic E-state index is 12.9. The Balaban J connectivity index is 3.04. The Kier molecular flexibility index (Phi) is 9.46. The number of nitrogens with one attached hydrogen (secondary N) is 1. The minimum Gasteiger partial charge on any atom is -0.323 e. The monoisotopic (exact) mass is 468 g/mol. The van der Waals surface area contributed by atoms with Crippen molar-refractivity contribution in [2.45, 2.75) is 38.5 Å². The SMILES string of the molecule is C=CCNP(=S)(OC(C)CCC)N(C)S(=O)(=O)Cc1ccc(Br)cc1. The number of rotatable bonds is 11. The summed E-state index contributed by atoms with van der Waals surface area (Å²) < 4.78 is 33.8. The van der Waals surface area contributed by atoms with Gasteiger partial charge in [-0.15, -0.1) is 10.7 Å². The van der Waals surface area contributed by atoms with Gasteiger partial charge >= 0.3 is 0 Å². The second-order valence-electron chi connectivity index (χ2n) is 5.69. The molecule has 1 rings (SSSR count). The molecule has 0 radical (unpaired) electrons. The van der Waals surface area contributed by atoms with E-state index in [9.17, 15) is 8.42 Å². The van der Waals surface area contributed by atoms with Crippen LogP contribution in [0.5, 0.6) is 0 Å². The molecule has 0 aliphatic heterocycles. The number of halogens is 1. The lowest BCUT2D eigenvalue weighted by Crippen LogP contribution is -2.33. The zero-order chi connectivity index (χ0) is 19.1. The summed E-state index contributed by atoms with van der Waals surface area (Å²) in [6.45, 7) is 5.07.